The number of ketones is 1. The van der Waals surface area contributed by atoms with E-state index in [-0.39, 0.29) is 11.7 Å². The van der Waals surface area contributed by atoms with E-state index in [0.29, 0.717) is 16.4 Å². The highest BCUT2D eigenvalue weighted by atomic mass is 32.1. The zero-order valence-electron chi connectivity index (χ0n) is 13.2. The van der Waals surface area contributed by atoms with E-state index in [1.54, 1.807) is 18.2 Å². The van der Waals surface area contributed by atoms with E-state index in [1.165, 1.54) is 17.7 Å². The predicted molar refractivity (Wildman–Crippen MR) is 90.7 cm³/mol. The van der Waals surface area contributed by atoms with Crippen molar-refractivity contribution in [2.45, 2.75) is 25.7 Å². The number of rotatable bonds is 5. The molecule has 0 spiro atoms. The van der Waals surface area contributed by atoms with Gasteiger partial charge in [0.05, 0.1) is 11.8 Å². The average molecular weight is 337 g/mol. The molecule has 0 aliphatic carbocycles. The van der Waals surface area contributed by atoms with E-state index in [0.717, 1.165) is 11.3 Å². The second-order valence-corrected chi connectivity index (χ2v) is 6.50. The fourth-order valence-corrected chi connectivity index (χ4v) is 3.28. The van der Waals surface area contributed by atoms with Gasteiger partial charge < -0.3 is 0 Å². The maximum Gasteiger partial charge on any atom is 0.186 e. The summed E-state index contributed by atoms with van der Waals surface area (Å²) in [7, 11) is 0. The summed E-state index contributed by atoms with van der Waals surface area (Å²) >= 11 is 1.35. The molecule has 6 nitrogen and oxygen atoms in total. The minimum absolute atomic E-state index is 0.261. The first-order valence-electron chi connectivity index (χ1n) is 7.45. The monoisotopic (exact) mass is 337 g/mol. The Labute approximate surface area is 143 Å². The second-order valence-electron chi connectivity index (χ2n) is 5.61. The Morgan fingerprint density at radius 2 is 2.21 bits per heavy atom. The van der Waals surface area contributed by atoms with E-state index in [9.17, 15) is 10.1 Å². The lowest BCUT2D eigenvalue weighted by Crippen LogP contribution is -2.11. The Morgan fingerprint density at radius 1 is 1.38 bits per heavy atom. The van der Waals surface area contributed by atoms with Crippen LogP contribution in [0.2, 0.25) is 0 Å². The van der Waals surface area contributed by atoms with Crippen LogP contribution in [0.3, 0.4) is 0 Å². The lowest BCUT2D eigenvalue weighted by molar-refractivity contribution is 0.0979. The summed E-state index contributed by atoms with van der Waals surface area (Å²) in [5, 5.41) is 18.5. The number of nitrogens with zero attached hydrogens (tertiary/aromatic N) is 4. The molecule has 0 fully saturated rings. The van der Waals surface area contributed by atoms with Gasteiger partial charge in [-0.15, -0.1) is 11.3 Å². The van der Waals surface area contributed by atoms with Crippen molar-refractivity contribution in [3.8, 4) is 17.5 Å². The highest BCUT2D eigenvalue weighted by Gasteiger charge is 2.25. The van der Waals surface area contributed by atoms with Crippen LogP contribution in [0.25, 0.3) is 11.4 Å². The summed E-state index contributed by atoms with van der Waals surface area (Å²) in [6.07, 6.45) is 1.41. The number of aromatic amines is 1. The summed E-state index contributed by atoms with van der Waals surface area (Å²) < 4.78 is 0. The largest absolute Gasteiger partial charge is 0.292 e. The molecule has 0 aliphatic heterocycles. The first-order valence-corrected chi connectivity index (χ1v) is 8.33. The number of thiazole rings is 1. The van der Waals surface area contributed by atoms with E-state index in [1.807, 2.05) is 25.3 Å². The summed E-state index contributed by atoms with van der Waals surface area (Å²) in [5.41, 5.74) is 2.10. The van der Waals surface area contributed by atoms with Crippen molar-refractivity contribution in [1.82, 2.24) is 20.2 Å². The number of H-pyrrole nitrogens is 1. The van der Waals surface area contributed by atoms with Crippen LogP contribution < -0.4 is 0 Å². The molecule has 2 heterocycles. The number of nitriles is 1. The zero-order valence-corrected chi connectivity index (χ0v) is 14.0. The quantitative estimate of drug-likeness (QED) is 0.718. The van der Waals surface area contributed by atoms with Gasteiger partial charge in [0.2, 0.25) is 0 Å². The van der Waals surface area contributed by atoms with Crippen molar-refractivity contribution >= 4 is 17.1 Å². The van der Waals surface area contributed by atoms with Gasteiger partial charge in [0, 0.05) is 16.5 Å². The number of aromatic nitrogens is 4. The number of hydrogen-bond donors (Lipinski definition) is 1. The van der Waals surface area contributed by atoms with Crippen LogP contribution in [0.5, 0.6) is 0 Å². The van der Waals surface area contributed by atoms with E-state index in [4.69, 9.17) is 0 Å². The van der Waals surface area contributed by atoms with Crippen molar-refractivity contribution in [3.63, 3.8) is 0 Å². The molecular formula is C17H15N5OS. The number of carbonyl (C=O) groups excluding carboxylic acids is 1. The standard InChI is InChI=1S/C17H15N5OS/c1-10(2)14-8-24-17(21-14)13(7-18)15(23)11-4-3-5-12(6-11)16-19-9-20-22-16/h3-6,8-10,13H,1-2H3,(H,19,20,22). The van der Waals surface area contributed by atoms with Crippen LogP contribution in [-0.4, -0.2) is 25.9 Å². The SMILES string of the molecule is CC(C)c1csc(C(C#N)C(=O)c2cccc(-c3ncn[nH]3)c2)n1. The molecule has 1 unspecified atom stereocenters. The van der Waals surface area contributed by atoms with Crippen LogP contribution in [0, 0.1) is 11.3 Å². The summed E-state index contributed by atoms with van der Waals surface area (Å²) in [4.78, 5) is 21.3. The number of Topliss-reactive ketones (excluding diaryl/α,β-unsaturated/α-hetero) is 1. The van der Waals surface area contributed by atoms with Crippen molar-refractivity contribution in [3.05, 3.63) is 52.2 Å². The molecular weight excluding hydrogens is 322 g/mol. The number of benzene rings is 1. The topological polar surface area (TPSA) is 95.3 Å². The van der Waals surface area contributed by atoms with E-state index in [2.05, 4.69) is 26.2 Å². The van der Waals surface area contributed by atoms with Gasteiger partial charge in [0.1, 0.15) is 11.3 Å². The Bertz CT molecular complexity index is 892. The number of hydrogen-bond acceptors (Lipinski definition) is 6. The van der Waals surface area contributed by atoms with Crippen LogP contribution in [0.4, 0.5) is 0 Å². The minimum atomic E-state index is -0.896. The third kappa shape index (κ3) is 3.09. The first-order chi connectivity index (χ1) is 11.6. The minimum Gasteiger partial charge on any atom is -0.292 e. The lowest BCUT2D eigenvalue weighted by atomic mass is 9.97. The molecule has 2 aromatic heterocycles. The van der Waals surface area contributed by atoms with Crippen molar-refractivity contribution in [2.75, 3.05) is 0 Å². The summed E-state index contributed by atoms with van der Waals surface area (Å²) in [6.45, 7) is 4.06. The fraction of sp³-hybridized carbons (Fsp3) is 0.235. The third-order valence-electron chi connectivity index (χ3n) is 3.61. The molecule has 0 saturated heterocycles. The molecule has 0 bridgehead atoms. The smallest absolute Gasteiger partial charge is 0.186 e. The summed E-state index contributed by atoms with van der Waals surface area (Å²) in [6, 6.07) is 9.09. The molecule has 7 heteroatoms. The normalized spacial score (nSPS) is 12.1. The molecule has 0 amide bonds. The molecule has 120 valence electrons. The molecule has 0 radical (unpaired) electrons. The summed E-state index contributed by atoms with van der Waals surface area (Å²) in [5.74, 6) is -0.315. The predicted octanol–water partition coefficient (Wildman–Crippen LogP) is 3.54. The van der Waals surface area contributed by atoms with Gasteiger partial charge in [-0.3, -0.25) is 9.89 Å². The first kappa shape index (κ1) is 16.0. The molecule has 24 heavy (non-hydrogen) atoms. The molecule has 1 N–H and O–H groups in total. The van der Waals surface area contributed by atoms with Gasteiger partial charge in [-0.2, -0.15) is 10.4 Å². The van der Waals surface area contributed by atoms with Gasteiger partial charge in [0.15, 0.2) is 17.5 Å². The van der Waals surface area contributed by atoms with Crippen LogP contribution in [0.1, 0.15) is 46.7 Å². The van der Waals surface area contributed by atoms with Crippen molar-refractivity contribution in [2.24, 2.45) is 0 Å². The molecule has 3 rings (SSSR count). The van der Waals surface area contributed by atoms with E-state index < -0.39 is 5.92 Å². The second kappa shape index (κ2) is 6.72. The fourth-order valence-electron chi connectivity index (χ4n) is 2.26. The Balaban J connectivity index is 1.92. The zero-order chi connectivity index (χ0) is 17.1. The molecule has 0 aliphatic rings. The number of carbonyl (C=O) groups is 1. The Hall–Kier alpha value is -2.85. The van der Waals surface area contributed by atoms with Crippen LogP contribution >= 0.6 is 11.3 Å². The van der Waals surface area contributed by atoms with Crippen molar-refractivity contribution < 1.29 is 4.79 Å². The number of nitrogens with one attached hydrogen (secondary N) is 1. The molecule has 1 atom stereocenters. The lowest BCUT2D eigenvalue weighted by Gasteiger charge is -2.07. The highest BCUT2D eigenvalue weighted by molar-refractivity contribution is 7.10. The maximum atomic E-state index is 12.8. The molecule has 3 aromatic rings. The molecule has 1 aromatic carbocycles. The Kier molecular flexibility index (Phi) is 4.49. The van der Waals surface area contributed by atoms with Gasteiger partial charge in [-0.1, -0.05) is 32.0 Å². The highest BCUT2D eigenvalue weighted by Crippen LogP contribution is 2.27. The van der Waals surface area contributed by atoms with Gasteiger partial charge in [-0.05, 0) is 12.0 Å². The third-order valence-corrected chi connectivity index (χ3v) is 4.53. The van der Waals surface area contributed by atoms with Crippen molar-refractivity contribution in [1.29, 1.82) is 5.26 Å². The van der Waals surface area contributed by atoms with Gasteiger partial charge in [-0.25, -0.2) is 9.97 Å². The average Bonchev–Trinajstić information content (AvgIpc) is 3.27. The van der Waals surface area contributed by atoms with Gasteiger partial charge >= 0.3 is 0 Å². The van der Waals surface area contributed by atoms with Crippen LogP contribution in [0.15, 0.2) is 36.0 Å². The molecule has 0 saturated carbocycles. The van der Waals surface area contributed by atoms with E-state index >= 15 is 0 Å². The Morgan fingerprint density at radius 3 is 2.83 bits per heavy atom. The van der Waals surface area contributed by atoms with Gasteiger partial charge in [0.25, 0.3) is 0 Å². The maximum absolute atomic E-state index is 12.8. The van der Waals surface area contributed by atoms with Crippen LogP contribution in [-0.2, 0) is 0 Å².